The molecule has 202 valence electrons. The number of thioether (sulfide) groups is 1. The molecule has 2 N–H and O–H groups in total. The minimum absolute atomic E-state index is 0.0194. The molecule has 4 heterocycles. The van der Waals surface area contributed by atoms with Crippen LogP contribution in [0.4, 0.5) is 26.3 Å². The second-order valence-corrected chi connectivity index (χ2v) is 9.08. The van der Waals surface area contributed by atoms with Gasteiger partial charge in [-0.1, -0.05) is 12.1 Å². The van der Waals surface area contributed by atoms with Crippen LogP contribution in [0.2, 0.25) is 0 Å². The van der Waals surface area contributed by atoms with Crippen molar-refractivity contribution in [2.24, 2.45) is 0 Å². The molecule has 0 saturated carbocycles. The number of pyridine rings is 2. The normalized spacial score (nSPS) is 17.9. The van der Waals surface area contributed by atoms with Crippen molar-refractivity contribution < 1.29 is 55.7 Å². The molecule has 4 rings (SSSR count). The van der Waals surface area contributed by atoms with E-state index in [-0.39, 0.29) is 16.8 Å². The molecule has 2 fully saturated rings. The quantitative estimate of drug-likeness (QED) is 0.547. The van der Waals surface area contributed by atoms with Crippen LogP contribution in [0.3, 0.4) is 0 Å². The minimum atomic E-state index is -5.08. The molecule has 37 heavy (non-hydrogen) atoms. The number of rotatable bonds is 3. The van der Waals surface area contributed by atoms with Gasteiger partial charge in [0.2, 0.25) is 5.88 Å². The highest BCUT2D eigenvalue weighted by Gasteiger charge is 2.51. The molecule has 2 aliphatic rings. The molecule has 9 nitrogen and oxygen atoms in total. The van der Waals surface area contributed by atoms with Crippen molar-refractivity contribution in [1.29, 1.82) is 0 Å². The van der Waals surface area contributed by atoms with Gasteiger partial charge >= 0.3 is 24.3 Å². The highest BCUT2D eigenvalue weighted by molar-refractivity contribution is 8.01. The van der Waals surface area contributed by atoms with Gasteiger partial charge in [-0.3, -0.25) is 9.78 Å². The Morgan fingerprint density at radius 3 is 1.86 bits per heavy atom. The number of ether oxygens (including phenoxy) is 1. The van der Waals surface area contributed by atoms with Crippen molar-refractivity contribution in [3.8, 4) is 5.88 Å². The van der Waals surface area contributed by atoms with Crippen molar-refractivity contribution >= 4 is 29.6 Å². The van der Waals surface area contributed by atoms with E-state index in [9.17, 15) is 31.1 Å². The third-order valence-electron chi connectivity index (χ3n) is 4.71. The second kappa shape index (κ2) is 12.1. The first-order chi connectivity index (χ1) is 17.1. The number of amides is 1. The van der Waals surface area contributed by atoms with E-state index in [0.717, 1.165) is 25.3 Å². The molecule has 1 atom stereocenters. The fourth-order valence-electron chi connectivity index (χ4n) is 3.13. The molecule has 16 heteroatoms. The molecule has 1 spiro atoms. The Hall–Kier alpha value is -3.56. The lowest BCUT2D eigenvalue weighted by molar-refractivity contribution is -0.193. The summed E-state index contributed by atoms with van der Waals surface area (Å²) in [5, 5.41) is 14.2. The van der Waals surface area contributed by atoms with Crippen LogP contribution in [0.15, 0.2) is 48.8 Å². The predicted molar refractivity (Wildman–Crippen MR) is 116 cm³/mol. The number of aromatic nitrogens is 2. The Morgan fingerprint density at radius 1 is 0.919 bits per heavy atom. The van der Waals surface area contributed by atoms with E-state index >= 15 is 0 Å². The molecule has 0 bridgehead atoms. The summed E-state index contributed by atoms with van der Waals surface area (Å²) in [7, 11) is 0. The number of hydrogen-bond donors (Lipinski definition) is 2. The van der Waals surface area contributed by atoms with Crippen molar-refractivity contribution in [2.45, 2.75) is 29.6 Å². The van der Waals surface area contributed by atoms with Gasteiger partial charge in [-0.25, -0.2) is 14.6 Å². The third-order valence-corrected chi connectivity index (χ3v) is 6.29. The number of halogens is 6. The van der Waals surface area contributed by atoms with E-state index in [4.69, 9.17) is 24.5 Å². The molecule has 1 amide bonds. The van der Waals surface area contributed by atoms with Crippen molar-refractivity contribution in [3.05, 3.63) is 54.5 Å². The maximum Gasteiger partial charge on any atom is 0.490 e. The van der Waals surface area contributed by atoms with E-state index in [2.05, 4.69) is 9.97 Å². The number of carbonyl (C=O) groups excluding carboxylic acids is 1. The summed E-state index contributed by atoms with van der Waals surface area (Å²) in [5.41, 5.74) is 0.520. The summed E-state index contributed by atoms with van der Waals surface area (Å²) in [6.07, 6.45) is -5.64. The number of carboxylic acid groups (broad SMARTS) is 2. The molecule has 0 aromatic carbocycles. The Balaban J connectivity index is 0.000000286. The average molecular weight is 555 g/mol. The highest BCUT2D eigenvalue weighted by atomic mass is 32.2. The molecule has 2 saturated heterocycles. The molecule has 2 aliphatic heterocycles. The number of alkyl halides is 6. The van der Waals surface area contributed by atoms with Gasteiger partial charge in [-0.15, -0.1) is 11.8 Å². The number of aliphatic carboxylic acids is 2. The Kier molecular flexibility index (Phi) is 9.72. The Morgan fingerprint density at radius 2 is 1.43 bits per heavy atom. The number of likely N-dealkylation sites (tertiary alicyclic amines) is 1. The van der Waals surface area contributed by atoms with Crippen LogP contribution in [0.5, 0.6) is 5.88 Å². The third kappa shape index (κ3) is 9.11. The zero-order valence-electron chi connectivity index (χ0n) is 18.6. The summed E-state index contributed by atoms with van der Waals surface area (Å²) >= 11 is 1.91. The number of carbonyl (C=O) groups is 3. The monoisotopic (exact) mass is 555 g/mol. The van der Waals surface area contributed by atoms with Crippen LogP contribution in [0.25, 0.3) is 0 Å². The van der Waals surface area contributed by atoms with E-state index in [1.807, 2.05) is 47.0 Å². The second-order valence-electron chi connectivity index (χ2n) is 7.59. The van der Waals surface area contributed by atoms with E-state index < -0.39 is 24.3 Å². The predicted octanol–water partition coefficient (Wildman–Crippen LogP) is 3.52. The largest absolute Gasteiger partial charge is 0.490 e. The van der Waals surface area contributed by atoms with Gasteiger partial charge < -0.3 is 19.8 Å². The lowest BCUT2D eigenvalue weighted by Gasteiger charge is -2.47. The number of nitrogens with zero attached hydrogens (tertiary/aromatic N) is 3. The highest BCUT2D eigenvalue weighted by Crippen LogP contribution is 2.46. The smallest absolute Gasteiger partial charge is 0.475 e. The fraction of sp³-hybridized carbons (Fsp3) is 0.381. The Labute approximate surface area is 209 Å². The summed E-state index contributed by atoms with van der Waals surface area (Å²) in [4.78, 5) is 40.4. The van der Waals surface area contributed by atoms with Crippen LogP contribution in [0, 0.1) is 0 Å². The first-order valence-corrected chi connectivity index (χ1v) is 11.1. The maximum atomic E-state index is 12.4. The molecule has 0 aliphatic carbocycles. The van der Waals surface area contributed by atoms with Crippen molar-refractivity contribution in [1.82, 2.24) is 14.9 Å². The van der Waals surface area contributed by atoms with Crippen molar-refractivity contribution in [2.75, 3.05) is 18.8 Å². The van der Waals surface area contributed by atoms with Crippen LogP contribution in [0.1, 0.15) is 16.9 Å². The average Bonchev–Trinajstić information content (AvgIpc) is 3.23. The first kappa shape index (κ1) is 29.7. The molecule has 2 aromatic rings. The SMILES string of the molecule is O=C(O)C(F)(F)F.O=C(O)C(F)(F)F.O=C(c1ccccn1)N1CC2(CC(Oc3ccccn3)CS2)C1. The van der Waals surface area contributed by atoms with Gasteiger partial charge in [0.05, 0.1) is 4.75 Å². The zero-order chi connectivity index (χ0) is 27.9. The van der Waals surface area contributed by atoms with E-state index in [0.29, 0.717) is 11.6 Å². The standard InChI is InChI=1S/C17H17N3O2S.2C2HF3O2/c21-16(14-5-1-3-7-18-14)20-11-17(12-20)9-13(10-23-17)22-15-6-2-4-8-19-15;2*3-2(4,5)1(6)7/h1-8,13H,9-12H2;2*(H,6,7). The lowest BCUT2D eigenvalue weighted by atomic mass is 9.92. The molecule has 1 unspecified atom stereocenters. The van der Waals surface area contributed by atoms with Gasteiger partial charge in [0, 0.05) is 43.7 Å². The van der Waals surface area contributed by atoms with Crippen molar-refractivity contribution in [3.63, 3.8) is 0 Å². The summed E-state index contributed by atoms with van der Waals surface area (Å²) in [5.74, 6) is -3.87. The molecular weight excluding hydrogens is 536 g/mol. The minimum Gasteiger partial charge on any atom is -0.475 e. The van der Waals surface area contributed by atoms with Gasteiger partial charge in [-0.05, 0) is 18.2 Å². The fourth-order valence-corrected chi connectivity index (χ4v) is 4.65. The van der Waals surface area contributed by atoms with E-state index in [1.165, 1.54) is 0 Å². The van der Waals surface area contributed by atoms with Gasteiger partial charge in [0.15, 0.2) is 0 Å². The first-order valence-electron chi connectivity index (χ1n) is 10.2. The van der Waals surface area contributed by atoms with Gasteiger partial charge in [-0.2, -0.15) is 26.3 Å². The number of hydrogen-bond acceptors (Lipinski definition) is 7. The Bertz CT molecular complexity index is 1040. The summed E-state index contributed by atoms with van der Waals surface area (Å²) in [6, 6.07) is 11.1. The zero-order valence-corrected chi connectivity index (χ0v) is 19.4. The van der Waals surface area contributed by atoms with Crippen LogP contribution in [-0.2, 0) is 9.59 Å². The van der Waals surface area contributed by atoms with Crippen LogP contribution in [-0.4, -0.2) is 85.0 Å². The topological polar surface area (TPSA) is 130 Å². The van der Waals surface area contributed by atoms with Gasteiger partial charge in [0.1, 0.15) is 11.8 Å². The lowest BCUT2D eigenvalue weighted by Crippen LogP contribution is -2.60. The van der Waals surface area contributed by atoms with Gasteiger partial charge in [0.25, 0.3) is 5.91 Å². The number of carboxylic acids is 2. The molecule has 0 radical (unpaired) electrons. The van der Waals surface area contributed by atoms with Crippen LogP contribution >= 0.6 is 11.8 Å². The molecule has 2 aromatic heterocycles. The summed E-state index contributed by atoms with van der Waals surface area (Å²) < 4.78 is 69.6. The summed E-state index contributed by atoms with van der Waals surface area (Å²) in [6.45, 7) is 1.55. The van der Waals surface area contributed by atoms with E-state index in [1.54, 1.807) is 18.5 Å². The maximum absolute atomic E-state index is 12.4. The van der Waals surface area contributed by atoms with Crippen LogP contribution < -0.4 is 4.74 Å². The molecular formula is C21H19F6N3O6S.